The van der Waals surface area contributed by atoms with Crippen LogP contribution in [0.1, 0.15) is 15.9 Å². The number of nitrogens with zero attached hydrogens (tertiary/aromatic N) is 1. The number of nitrogen functional groups attached to an aromatic ring is 1. The van der Waals surface area contributed by atoms with Gasteiger partial charge in [-0.05, 0) is 35.2 Å². The zero-order valence-electron chi connectivity index (χ0n) is 9.89. The maximum absolute atomic E-state index is 12.1. The van der Waals surface area contributed by atoms with Gasteiger partial charge in [-0.2, -0.15) is 11.3 Å². The molecule has 2 rings (SSSR count). The molecule has 0 spiro atoms. The molecule has 2 N–H and O–H groups in total. The zero-order valence-corrected chi connectivity index (χ0v) is 11.5. The van der Waals surface area contributed by atoms with Crippen molar-refractivity contribution in [2.45, 2.75) is 6.54 Å². The number of hydrogen-bond acceptors (Lipinski definition) is 3. The molecule has 0 saturated carbocycles. The molecule has 0 aliphatic carbocycles. The number of carbonyl (C=O) groups excluding carboxylic acids is 1. The van der Waals surface area contributed by atoms with Crippen LogP contribution in [0.2, 0.25) is 5.02 Å². The molecule has 0 radical (unpaired) electrons. The molecule has 2 aromatic rings. The molecule has 1 heterocycles. The van der Waals surface area contributed by atoms with Gasteiger partial charge < -0.3 is 10.6 Å². The van der Waals surface area contributed by atoms with Crippen molar-refractivity contribution in [3.8, 4) is 0 Å². The fourth-order valence-corrected chi connectivity index (χ4v) is 2.46. The van der Waals surface area contributed by atoms with E-state index < -0.39 is 0 Å². The summed E-state index contributed by atoms with van der Waals surface area (Å²) in [4.78, 5) is 13.7. The minimum absolute atomic E-state index is 0.0188. The molecule has 1 aromatic heterocycles. The van der Waals surface area contributed by atoms with E-state index in [9.17, 15) is 4.79 Å². The lowest BCUT2D eigenvalue weighted by Crippen LogP contribution is -2.25. The molecule has 0 unspecified atom stereocenters. The Morgan fingerprint density at radius 3 is 2.89 bits per heavy atom. The van der Waals surface area contributed by atoms with Gasteiger partial charge in [0.25, 0.3) is 5.91 Å². The van der Waals surface area contributed by atoms with Crippen LogP contribution in [0.25, 0.3) is 0 Å². The second kappa shape index (κ2) is 5.42. The number of anilines is 1. The van der Waals surface area contributed by atoms with Crippen LogP contribution < -0.4 is 5.73 Å². The maximum atomic E-state index is 12.1. The van der Waals surface area contributed by atoms with Crippen LogP contribution in [-0.4, -0.2) is 17.9 Å². The molecule has 0 bridgehead atoms. The average Bonchev–Trinajstić information content (AvgIpc) is 2.86. The molecule has 0 aliphatic rings. The van der Waals surface area contributed by atoms with Crippen molar-refractivity contribution in [3.63, 3.8) is 0 Å². The van der Waals surface area contributed by atoms with Gasteiger partial charge in [0.2, 0.25) is 0 Å². The van der Waals surface area contributed by atoms with Crippen molar-refractivity contribution >= 4 is 34.5 Å². The number of benzene rings is 1. The predicted molar refractivity (Wildman–Crippen MR) is 76.0 cm³/mol. The Labute approximate surface area is 115 Å². The van der Waals surface area contributed by atoms with Crippen LogP contribution in [-0.2, 0) is 6.54 Å². The van der Waals surface area contributed by atoms with E-state index in [1.54, 1.807) is 30.1 Å². The van der Waals surface area contributed by atoms with E-state index in [-0.39, 0.29) is 5.91 Å². The third-order valence-electron chi connectivity index (χ3n) is 2.59. The van der Waals surface area contributed by atoms with E-state index in [1.165, 1.54) is 11.3 Å². The number of rotatable bonds is 3. The summed E-state index contributed by atoms with van der Waals surface area (Å²) in [5.41, 5.74) is 7.90. The van der Waals surface area contributed by atoms with Gasteiger partial charge in [0.15, 0.2) is 0 Å². The molecule has 1 aromatic carbocycles. The molecular weight excluding hydrogens is 268 g/mol. The van der Waals surface area contributed by atoms with Gasteiger partial charge in [-0.1, -0.05) is 11.6 Å². The summed E-state index contributed by atoms with van der Waals surface area (Å²) in [5.74, 6) is -0.0188. The van der Waals surface area contributed by atoms with Crippen LogP contribution in [0.3, 0.4) is 0 Å². The average molecular weight is 281 g/mol. The first-order chi connectivity index (χ1) is 8.58. The Morgan fingerprint density at radius 2 is 2.22 bits per heavy atom. The maximum Gasteiger partial charge on any atom is 0.254 e. The monoisotopic (exact) mass is 280 g/mol. The van der Waals surface area contributed by atoms with Gasteiger partial charge in [-0.15, -0.1) is 0 Å². The Bertz CT molecular complexity index is 554. The normalized spacial score (nSPS) is 10.3. The highest BCUT2D eigenvalue weighted by molar-refractivity contribution is 7.08. The molecular formula is C13H13ClN2OS. The lowest BCUT2D eigenvalue weighted by molar-refractivity contribution is 0.0785. The summed E-state index contributed by atoms with van der Waals surface area (Å²) < 4.78 is 0. The summed E-state index contributed by atoms with van der Waals surface area (Å²) in [6, 6.07) is 7.09. The number of hydrogen-bond donors (Lipinski definition) is 1. The Balaban J connectivity index is 2.14. The van der Waals surface area contributed by atoms with Crippen molar-refractivity contribution in [3.05, 3.63) is 51.2 Å². The molecule has 18 heavy (non-hydrogen) atoms. The van der Waals surface area contributed by atoms with E-state index in [0.717, 1.165) is 5.56 Å². The minimum atomic E-state index is -0.0188. The van der Waals surface area contributed by atoms with Crippen molar-refractivity contribution < 1.29 is 4.79 Å². The Morgan fingerprint density at radius 1 is 1.44 bits per heavy atom. The highest BCUT2D eigenvalue weighted by Crippen LogP contribution is 2.21. The number of halogens is 1. The first kappa shape index (κ1) is 12.9. The molecule has 1 amide bonds. The third kappa shape index (κ3) is 2.83. The van der Waals surface area contributed by atoms with Crippen LogP contribution in [0, 0.1) is 0 Å². The smallest absolute Gasteiger partial charge is 0.254 e. The molecule has 0 atom stereocenters. The van der Waals surface area contributed by atoms with Gasteiger partial charge >= 0.3 is 0 Å². The van der Waals surface area contributed by atoms with Gasteiger partial charge in [0.05, 0.1) is 5.56 Å². The predicted octanol–water partition coefficient (Wildman–Crippen LogP) is 3.26. The van der Waals surface area contributed by atoms with Crippen LogP contribution in [0.5, 0.6) is 0 Å². The van der Waals surface area contributed by atoms with Gasteiger partial charge in [0, 0.05) is 29.7 Å². The quantitative estimate of drug-likeness (QED) is 0.877. The molecule has 5 heteroatoms. The van der Waals surface area contributed by atoms with Crippen LogP contribution in [0.4, 0.5) is 5.69 Å². The van der Waals surface area contributed by atoms with E-state index in [2.05, 4.69) is 0 Å². The second-order valence-electron chi connectivity index (χ2n) is 4.02. The molecule has 0 fully saturated rings. The van der Waals surface area contributed by atoms with Crippen molar-refractivity contribution in [2.75, 3.05) is 12.8 Å². The van der Waals surface area contributed by atoms with Crippen molar-refractivity contribution in [1.29, 1.82) is 0 Å². The van der Waals surface area contributed by atoms with Gasteiger partial charge in [-0.3, -0.25) is 4.79 Å². The topological polar surface area (TPSA) is 46.3 Å². The minimum Gasteiger partial charge on any atom is -0.399 e. The third-order valence-corrected chi connectivity index (χ3v) is 3.64. The summed E-state index contributed by atoms with van der Waals surface area (Å²) in [6.07, 6.45) is 0. The van der Waals surface area contributed by atoms with Crippen LogP contribution in [0.15, 0.2) is 35.0 Å². The second-order valence-corrected chi connectivity index (χ2v) is 5.21. The molecule has 94 valence electrons. The first-order valence-electron chi connectivity index (χ1n) is 5.39. The van der Waals surface area contributed by atoms with Crippen molar-refractivity contribution in [1.82, 2.24) is 4.90 Å². The van der Waals surface area contributed by atoms with E-state index in [4.69, 9.17) is 17.3 Å². The number of amides is 1. The summed E-state index contributed by atoms with van der Waals surface area (Å²) in [5, 5.41) is 4.34. The number of nitrogens with two attached hydrogens (primary N) is 1. The van der Waals surface area contributed by atoms with Crippen LogP contribution >= 0.6 is 22.9 Å². The fourth-order valence-electron chi connectivity index (χ4n) is 1.65. The highest BCUT2D eigenvalue weighted by atomic mass is 35.5. The highest BCUT2D eigenvalue weighted by Gasteiger charge is 2.13. The first-order valence-corrected chi connectivity index (χ1v) is 6.71. The van der Waals surface area contributed by atoms with E-state index >= 15 is 0 Å². The summed E-state index contributed by atoms with van der Waals surface area (Å²) in [6.45, 7) is 0.443. The number of thiophene rings is 1. The Hall–Kier alpha value is -1.52. The van der Waals surface area contributed by atoms with Gasteiger partial charge in [-0.25, -0.2) is 0 Å². The molecule has 0 saturated heterocycles. The molecule has 0 aliphatic heterocycles. The Kier molecular flexibility index (Phi) is 3.89. The summed E-state index contributed by atoms with van der Waals surface area (Å²) >= 11 is 7.58. The van der Waals surface area contributed by atoms with Gasteiger partial charge in [0.1, 0.15) is 0 Å². The van der Waals surface area contributed by atoms with E-state index in [0.29, 0.717) is 22.8 Å². The lowest BCUT2D eigenvalue weighted by atomic mass is 10.2. The largest absolute Gasteiger partial charge is 0.399 e. The lowest BCUT2D eigenvalue weighted by Gasteiger charge is -2.17. The standard InChI is InChI=1S/C13H13ClN2OS/c1-16(13(17)9-4-5-18-8-9)7-10-6-11(15)2-3-12(10)14/h2-6,8H,7,15H2,1H3. The van der Waals surface area contributed by atoms with E-state index in [1.807, 2.05) is 16.8 Å². The zero-order chi connectivity index (χ0) is 13.1. The number of carbonyl (C=O) groups is 1. The molecule has 3 nitrogen and oxygen atoms in total. The fraction of sp³-hybridized carbons (Fsp3) is 0.154. The summed E-state index contributed by atoms with van der Waals surface area (Å²) in [7, 11) is 1.75. The van der Waals surface area contributed by atoms with Crippen molar-refractivity contribution in [2.24, 2.45) is 0 Å². The SMILES string of the molecule is CN(Cc1cc(N)ccc1Cl)C(=O)c1ccsc1.